The monoisotopic (exact) mass is 236 g/mol. The van der Waals surface area contributed by atoms with Crippen molar-refractivity contribution in [1.82, 2.24) is 10.3 Å². The van der Waals surface area contributed by atoms with E-state index in [1.54, 1.807) is 6.20 Å². The molecule has 0 radical (unpaired) electrons. The first-order valence-electron chi connectivity index (χ1n) is 6.27. The molecular weight excluding hydrogens is 216 g/mol. The molecule has 1 fully saturated rings. The van der Waals surface area contributed by atoms with Crippen molar-refractivity contribution in [1.29, 1.82) is 0 Å². The van der Waals surface area contributed by atoms with Crippen LogP contribution in [-0.2, 0) is 11.3 Å². The highest BCUT2D eigenvalue weighted by atomic mass is 16.5. The van der Waals surface area contributed by atoms with Crippen LogP contribution in [0.25, 0.3) is 0 Å². The first-order chi connectivity index (χ1) is 8.40. The lowest BCUT2D eigenvalue weighted by atomic mass is 10.2. The molecule has 0 spiro atoms. The predicted octanol–water partition coefficient (Wildman–Crippen LogP) is 1.75. The number of rotatable bonds is 8. The van der Waals surface area contributed by atoms with Gasteiger partial charge in [0.25, 0.3) is 0 Å². The Morgan fingerprint density at radius 1 is 1.41 bits per heavy atom. The lowest BCUT2D eigenvalue weighted by Crippen LogP contribution is -2.16. The fourth-order valence-electron chi connectivity index (χ4n) is 1.58. The Morgan fingerprint density at radius 3 is 3.06 bits per heavy atom. The van der Waals surface area contributed by atoms with Crippen molar-refractivity contribution < 1.29 is 9.47 Å². The summed E-state index contributed by atoms with van der Waals surface area (Å²) in [7, 11) is 0. The van der Waals surface area contributed by atoms with Crippen molar-refractivity contribution in [2.24, 2.45) is 0 Å². The lowest BCUT2D eigenvalue weighted by Gasteiger charge is -2.11. The van der Waals surface area contributed by atoms with Gasteiger partial charge in [0.15, 0.2) is 0 Å². The van der Waals surface area contributed by atoms with E-state index in [1.165, 1.54) is 12.8 Å². The van der Waals surface area contributed by atoms with E-state index in [2.05, 4.69) is 10.3 Å². The Morgan fingerprint density at radius 2 is 2.29 bits per heavy atom. The second-order valence-electron chi connectivity index (χ2n) is 4.18. The number of nitrogens with zero attached hydrogens (tertiary/aromatic N) is 1. The van der Waals surface area contributed by atoms with E-state index >= 15 is 0 Å². The van der Waals surface area contributed by atoms with E-state index in [0.29, 0.717) is 19.3 Å². The summed E-state index contributed by atoms with van der Waals surface area (Å²) in [6, 6.07) is 2.61. The third-order valence-corrected chi connectivity index (χ3v) is 2.71. The summed E-state index contributed by atoms with van der Waals surface area (Å²) in [5.41, 5.74) is 1.12. The Hall–Kier alpha value is -1.13. The first kappa shape index (κ1) is 12.3. The van der Waals surface area contributed by atoms with E-state index in [-0.39, 0.29) is 0 Å². The maximum absolute atomic E-state index is 5.69. The molecule has 1 aliphatic rings. The molecule has 1 N–H and O–H groups in total. The number of hydrogen-bond donors (Lipinski definition) is 1. The van der Waals surface area contributed by atoms with Crippen LogP contribution in [0.4, 0.5) is 0 Å². The normalized spacial score (nSPS) is 14.9. The minimum Gasteiger partial charge on any atom is -0.491 e. The van der Waals surface area contributed by atoms with Crippen LogP contribution in [0.15, 0.2) is 18.5 Å². The highest BCUT2D eigenvalue weighted by Crippen LogP contribution is 2.21. The Labute approximate surface area is 102 Å². The van der Waals surface area contributed by atoms with Crippen molar-refractivity contribution >= 4 is 0 Å². The summed E-state index contributed by atoms with van der Waals surface area (Å²) in [6.45, 7) is 4.78. The fourth-order valence-corrected chi connectivity index (χ4v) is 1.58. The number of nitrogens with one attached hydrogen (secondary N) is 1. The Kier molecular flexibility index (Phi) is 4.76. The zero-order chi connectivity index (χ0) is 11.9. The molecule has 4 heteroatoms. The summed E-state index contributed by atoms with van der Waals surface area (Å²) in [5, 5.41) is 3.46. The number of hydrogen-bond acceptors (Lipinski definition) is 4. The van der Waals surface area contributed by atoms with Gasteiger partial charge in [0.05, 0.1) is 6.61 Å². The van der Waals surface area contributed by atoms with E-state index in [4.69, 9.17) is 9.47 Å². The van der Waals surface area contributed by atoms with Crippen LogP contribution in [0, 0.1) is 0 Å². The summed E-state index contributed by atoms with van der Waals surface area (Å²) >= 11 is 0. The van der Waals surface area contributed by atoms with Gasteiger partial charge in [0, 0.05) is 37.2 Å². The predicted molar refractivity (Wildman–Crippen MR) is 66.1 cm³/mol. The Bertz CT molecular complexity index is 340. The molecule has 0 saturated heterocycles. The van der Waals surface area contributed by atoms with Crippen LogP contribution in [0.3, 0.4) is 0 Å². The third-order valence-electron chi connectivity index (χ3n) is 2.71. The highest BCUT2D eigenvalue weighted by molar-refractivity contribution is 5.30. The molecule has 4 nitrogen and oxygen atoms in total. The van der Waals surface area contributed by atoms with Gasteiger partial charge in [-0.15, -0.1) is 0 Å². The summed E-state index contributed by atoms with van der Waals surface area (Å²) in [4.78, 5) is 4.14. The molecule has 1 aromatic rings. The first-order valence-corrected chi connectivity index (χ1v) is 6.27. The highest BCUT2D eigenvalue weighted by Gasteiger charge is 2.20. The Balaban J connectivity index is 1.80. The van der Waals surface area contributed by atoms with Crippen LogP contribution < -0.4 is 10.1 Å². The molecule has 94 valence electrons. The third kappa shape index (κ3) is 4.32. The summed E-state index contributed by atoms with van der Waals surface area (Å²) in [5.74, 6) is 0.910. The van der Waals surface area contributed by atoms with E-state index in [1.807, 2.05) is 19.2 Å². The average Bonchev–Trinajstić information content (AvgIpc) is 3.17. The standard InChI is InChI=1S/C13H20N2O2/c1-2-16-7-8-17-13-5-6-14-9-11(13)10-15-12-3-4-12/h5-6,9,12,15H,2-4,7-8,10H2,1H3. The maximum atomic E-state index is 5.69. The summed E-state index contributed by atoms with van der Waals surface area (Å²) in [6.07, 6.45) is 6.21. The molecule has 0 unspecified atom stereocenters. The number of aromatic nitrogens is 1. The molecule has 0 amide bonds. The van der Waals surface area contributed by atoms with Gasteiger partial charge >= 0.3 is 0 Å². The molecular formula is C13H20N2O2. The smallest absolute Gasteiger partial charge is 0.126 e. The molecule has 1 aromatic heterocycles. The van der Waals surface area contributed by atoms with Crippen LogP contribution in [0.1, 0.15) is 25.3 Å². The lowest BCUT2D eigenvalue weighted by molar-refractivity contribution is 0.109. The number of ether oxygens (including phenoxy) is 2. The van der Waals surface area contributed by atoms with Crippen LogP contribution >= 0.6 is 0 Å². The van der Waals surface area contributed by atoms with E-state index in [0.717, 1.165) is 24.5 Å². The molecule has 17 heavy (non-hydrogen) atoms. The van der Waals surface area contributed by atoms with Gasteiger partial charge in [-0.1, -0.05) is 0 Å². The van der Waals surface area contributed by atoms with Crippen molar-refractivity contribution in [3.63, 3.8) is 0 Å². The minimum absolute atomic E-state index is 0.592. The fraction of sp³-hybridized carbons (Fsp3) is 0.615. The SMILES string of the molecule is CCOCCOc1ccncc1CNC1CC1. The molecule has 1 heterocycles. The van der Waals surface area contributed by atoms with Crippen molar-refractivity contribution in [2.45, 2.75) is 32.4 Å². The van der Waals surface area contributed by atoms with Crippen LogP contribution in [-0.4, -0.2) is 30.8 Å². The van der Waals surface area contributed by atoms with Crippen LogP contribution in [0.5, 0.6) is 5.75 Å². The quantitative estimate of drug-likeness (QED) is 0.698. The van der Waals surface area contributed by atoms with Gasteiger partial charge in [-0.05, 0) is 25.8 Å². The topological polar surface area (TPSA) is 43.4 Å². The van der Waals surface area contributed by atoms with Gasteiger partial charge in [-0.3, -0.25) is 4.98 Å². The molecule has 0 aliphatic heterocycles. The van der Waals surface area contributed by atoms with Gasteiger partial charge in [-0.2, -0.15) is 0 Å². The molecule has 1 aliphatic carbocycles. The molecule has 0 bridgehead atoms. The second kappa shape index (κ2) is 6.57. The van der Waals surface area contributed by atoms with Gasteiger partial charge in [0.2, 0.25) is 0 Å². The minimum atomic E-state index is 0.592. The van der Waals surface area contributed by atoms with Crippen molar-refractivity contribution in [3.8, 4) is 5.75 Å². The molecule has 0 aromatic carbocycles. The second-order valence-corrected chi connectivity index (χ2v) is 4.18. The van der Waals surface area contributed by atoms with Gasteiger partial charge < -0.3 is 14.8 Å². The van der Waals surface area contributed by atoms with Gasteiger partial charge in [0.1, 0.15) is 12.4 Å². The molecule has 2 rings (SSSR count). The van der Waals surface area contributed by atoms with Gasteiger partial charge in [-0.25, -0.2) is 0 Å². The van der Waals surface area contributed by atoms with Crippen molar-refractivity contribution in [3.05, 3.63) is 24.0 Å². The maximum Gasteiger partial charge on any atom is 0.126 e. The van der Waals surface area contributed by atoms with Crippen molar-refractivity contribution in [2.75, 3.05) is 19.8 Å². The molecule has 1 saturated carbocycles. The molecule has 0 atom stereocenters. The van der Waals surface area contributed by atoms with E-state index < -0.39 is 0 Å². The van der Waals surface area contributed by atoms with E-state index in [9.17, 15) is 0 Å². The summed E-state index contributed by atoms with van der Waals surface area (Å²) < 4.78 is 10.9. The number of pyridine rings is 1. The average molecular weight is 236 g/mol. The largest absolute Gasteiger partial charge is 0.491 e. The zero-order valence-electron chi connectivity index (χ0n) is 10.3. The zero-order valence-corrected chi connectivity index (χ0v) is 10.3. The van der Waals surface area contributed by atoms with Crippen LogP contribution in [0.2, 0.25) is 0 Å².